The highest BCUT2D eigenvalue weighted by Crippen LogP contribution is 2.38. The summed E-state index contributed by atoms with van der Waals surface area (Å²) < 4.78 is 0. The number of fused-ring (bicyclic) bond motifs is 1. The summed E-state index contributed by atoms with van der Waals surface area (Å²) in [5.74, 6) is -0.427. The summed E-state index contributed by atoms with van der Waals surface area (Å²) in [6.45, 7) is 8.07. The second kappa shape index (κ2) is 6.19. The molecule has 2 N–H and O–H groups in total. The van der Waals surface area contributed by atoms with E-state index in [2.05, 4.69) is 43.1 Å². The highest BCUT2D eigenvalue weighted by Gasteiger charge is 2.36. The summed E-state index contributed by atoms with van der Waals surface area (Å²) in [6.07, 6.45) is 0. The van der Waals surface area contributed by atoms with E-state index in [1.165, 1.54) is 0 Å². The number of rotatable bonds is 4. The summed E-state index contributed by atoms with van der Waals surface area (Å²) in [7, 11) is 0. The Morgan fingerprint density at radius 2 is 1.88 bits per heavy atom. The fourth-order valence-corrected chi connectivity index (χ4v) is 3.22. The number of nitrogens with one attached hydrogen (secondary N) is 1. The van der Waals surface area contributed by atoms with Gasteiger partial charge in [-0.3, -0.25) is 0 Å². The van der Waals surface area contributed by atoms with Gasteiger partial charge in [-0.2, -0.15) is 0 Å². The fourth-order valence-electron chi connectivity index (χ4n) is 3.22. The fraction of sp³-hybridized carbons (Fsp3) is 0.350. The van der Waals surface area contributed by atoms with E-state index in [0.717, 1.165) is 23.5 Å². The van der Waals surface area contributed by atoms with Gasteiger partial charge in [0, 0.05) is 13.1 Å². The predicted octanol–water partition coefficient (Wildman–Crippen LogP) is 4.23. The number of nitrogens with zero attached hydrogens (tertiary/aromatic N) is 1. The van der Waals surface area contributed by atoms with Crippen LogP contribution < -0.4 is 10.2 Å². The van der Waals surface area contributed by atoms with Crippen LogP contribution in [0.5, 0.6) is 0 Å². The lowest BCUT2D eigenvalue weighted by atomic mass is 9.85. The quantitative estimate of drug-likeness (QED) is 0.883. The number of anilines is 2. The van der Waals surface area contributed by atoms with Crippen molar-refractivity contribution in [1.82, 2.24) is 0 Å². The minimum Gasteiger partial charge on any atom is -0.478 e. The topological polar surface area (TPSA) is 52.6 Å². The van der Waals surface area contributed by atoms with Gasteiger partial charge in [0.25, 0.3) is 0 Å². The number of hydrogen-bond acceptors (Lipinski definition) is 3. The van der Waals surface area contributed by atoms with Crippen LogP contribution in [0.3, 0.4) is 0 Å². The number of aromatic carboxylic acids is 1. The molecule has 0 bridgehead atoms. The van der Waals surface area contributed by atoms with Crippen LogP contribution in [0.2, 0.25) is 0 Å². The first-order valence-corrected chi connectivity index (χ1v) is 8.34. The lowest BCUT2D eigenvalue weighted by Crippen LogP contribution is -2.53. The minimum absolute atomic E-state index is 0.0630. The van der Waals surface area contributed by atoms with Gasteiger partial charge in [-0.05, 0) is 36.6 Å². The summed E-state index contributed by atoms with van der Waals surface area (Å²) in [5, 5.41) is 13.1. The molecular formula is C20H24N2O2. The molecule has 0 aromatic heterocycles. The molecule has 2 aromatic carbocycles. The van der Waals surface area contributed by atoms with E-state index in [-0.39, 0.29) is 5.54 Å². The number of hydrogen-bond donors (Lipinski definition) is 2. The van der Waals surface area contributed by atoms with Crippen molar-refractivity contribution in [1.29, 1.82) is 0 Å². The average Bonchev–Trinajstić information content (AvgIpc) is 2.55. The number of carboxylic acid groups (broad SMARTS) is 1. The van der Waals surface area contributed by atoms with Gasteiger partial charge in [0.05, 0.1) is 22.5 Å². The number of benzene rings is 2. The normalized spacial score (nSPS) is 19.8. The first-order valence-electron chi connectivity index (χ1n) is 8.34. The molecule has 0 amide bonds. The van der Waals surface area contributed by atoms with Crippen LogP contribution in [0, 0.1) is 5.92 Å². The van der Waals surface area contributed by atoms with Crippen molar-refractivity contribution >= 4 is 17.3 Å². The molecule has 0 saturated heterocycles. The van der Waals surface area contributed by atoms with Gasteiger partial charge in [-0.15, -0.1) is 0 Å². The lowest BCUT2D eigenvalue weighted by Gasteiger charge is -2.46. The van der Waals surface area contributed by atoms with Crippen LogP contribution in [0.15, 0.2) is 48.5 Å². The summed E-state index contributed by atoms with van der Waals surface area (Å²) in [6, 6.07) is 15.5. The smallest absolute Gasteiger partial charge is 0.336 e. The number of para-hydroxylation sites is 2. The van der Waals surface area contributed by atoms with Crippen LogP contribution >= 0.6 is 0 Å². The predicted molar refractivity (Wildman–Crippen MR) is 97.8 cm³/mol. The molecule has 0 aliphatic carbocycles. The highest BCUT2D eigenvalue weighted by molar-refractivity contribution is 5.89. The maximum atomic E-state index is 11.5. The van der Waals surface area contributed by atoms with Crippen molar-refractivity contribution < 1.29 is 9.90 Å². The van der Waals surface area contributed by atoms with E-state index in [0.29, 0.717) is 18.0 Å². The van der Waals surface area contributed by atoms with Crippen LogP contribution in [-0.4, -0.2) is 23.2 Å². The van der Waals surface area contributed by atoms with Crippen LogP contribution in [0.4, 0.5) is 11.4 Å². The summed E-state index contributed by atoms with van der Waals surface area (Å²) in [4.78, 5) is 13.8. The third-order valence-corrected chi connectivity index (χ3v) is 5.07. The SMILES string of the molecule is CC(C)C1(C)CN(Cc2ccccc2C(=O)O)c2ccccc2N1. The van der Waals surface area contributed by atoms with Gasteiger partial charge in [-0.1, -0.05) is 44.2 Å². The molecule has 2 aromatic rings. The van der Waals surface area contributed by atoms with Gasteiger partial charge < -0.3 is 15.3 Å². The zero-order chi connectivity index (χ0) is 17.3. The molecule has 126 valence electrons. The standard InChI is InChI=1S/C20H24N2O2/c1-14(2)20(3)13-22(18-11-7-6-10-17(18)21-20)12-15-8-4-5-9-16(15)19(23)24/h4-11,14,21H,12-13H2,1-3H3,(H,23,24). The number of carbonyl (C=O) groups is 1. The van der Waals surface area contributed by atoms with Crippen LogP contribution in [0.25, 0.3) is 0 Å². The molecule has 3 rings (SSSR count). The van der Waals surface area contributed by atoms with E-state index >= 15 is 0 Å². The third-order valence-electron chi connectivity index (χ3n) is 5.07. The van der Waals surface area contributed by atoms with Crippen molar-refractivity contribution in [2.75, 3.05) is 16.8 Å². The van der Waals surface area contributed by atoms with E-state index in [9.17, 15) is 9.90 Å². The molecule has 1 unspecified atom stereocenters. The second-order valence-corrected chi connectivity index (χ2v) is 7.03. The van der Waals surface area contributed by atoms with Gasteiger partial charge >= 0.3 is 5.97 Å². The van der Waals surface area contributed by atoms with Crippen molar-refractivity contribution in [3.63, 3.8) is 0 Å². The maximum Gasteiger partial charge on any atom is 0.336 e. The molecule has 24 heavy (non-hydrogen) atoms. The number of carboxylic acids is 1. The molecule has 0 fully saturated rings. The molecule has 0 radical (unpaired) electrons. The summed E-state index contributed by atoms with van der Waals surface area (Å²) >= 11 is 0. The van der Waals surface area contributed by atoms with Crippen molar-refractivity contribution in [2.45, 2.75) is 32.9 Å². The Bertz CT molecular complexity index is 757. The van der Waals surface area contributed by atoms with E-state index < -0.39 is 5.97 Å². The molecule has 1 aliphatic rings. The average molecular weight is 324 g/mol. The Kier molecular flexibility index (Phi) is 4.22. The first kappa shape index (κ1) is 16.4. The Morgan fingerprint density at radius 1 is 1.21 bits per heavy atom. The molecule has 1 aliphatic heterocycles. The Balaban J connectivity index is 1.99. The van der Waals surface area contributed by atoms with E-state index in [1.807, 2.05) is 24.3 Å². The molecule has 4 heteroatoms. The zero-order valence-electron chi connectivity index (χ0n) is 14.4. The van der Waals surface area contributed by atoms with Crippen molar-refractivity contribution in [2.24, 2.45) is 5.92 Å². The van der Waals surface area contributed by atoms with Crippen LogP contribution in [0.1, 0.15) is 36.7 Å². The van der Waals surface area contributed by atoms with Gasteiger partial charge in [0.2, 0.25) is 0 Å². The molecule has 0 saturated carbocycles. The largest absolute Gasteiger partial charge is 0.478 e. The maximum absolute atomic E-state index is 11.5. The van der Waals surface area contributed by atoms with Gasteiger partial charge in [0.15, 0.2) is 0 Å². The van der Waals surface area contributed by atoms with Gasteiger partial charge in [0.1, 0.15) is 0 Å². The molecule has 4 nitrogen and oxygen atoms in total. The van der Waals surface area contributed by atoms with Crippen molar-refractivity contribution in [3.05, 3.63) is 59.7 Å². The van der Waals surface area contributed by atoms with Crippen molar-refractivity contribution in [3.8, 4) is 0 Å². The summed E-state index contributed by atoms with van der Waals surface area (Å²) in [5.41, 5.74) is 3.38. The lowest BCUT2D eigenvalue weighted by molar-refractivity contribution is 0.0695. The van der Waals surface area contributed by atoms with Gasteiger partial charge in [-0.25, -0.2) is 4.79 Å². The third kappa shape index (κ3) is 2.96. The molecule has 0 spiro atoms. The molecular weight excluding hydrogens is 300 g/mol. The Hall–Kier alpha value is -2.49. The van der Waals surface area contributed by atoms with E-state index in [4.69, 9.17) is 0 Å². The molecule has 1 atom stereocenters. The zero-order valence-corrected chi connectivity index (χ0v) is 14.4. The molecule has 1 heterocycles. The Morgan fingerprint density at radius 3 is 2.58 bits per heavy atom. The first-order chi connectivity index (χ1) is 11.4. The van der Waals surface area contributed by atoms with Crippen LogP contribution in [-0.2, 0) is 6.54 Å². The Labute approximate surface area is 143 Å². The second-order valence-electron chi connectivity index (χ2n) is 7.03. The minimum atomic E-state index is -0.874. The van der Waals surface area contributed by atoms with E-state index in [1.54, 1.807) is 12.1 Å². The monoisotopic (exact) mass is 324 g/mol. The highest BCUT2D eigenvalue weighted by atomic mass is 16.4.